The van der Waals surface area contributed by atoms with Gasteiger partial charge in [-0.15, -0.1) is 6.58 Å². The van der Waals surface area contributed by atoms with Gasteiger partial charge in [0.15, 0.2) is 0 Å². The molecule has 24 heavy (non-hydrogen) atoms. The molecule has 0 saturated heterocycles. The SMILES string of the molecule is C=CCC=C[C@H]1CC[C@H]2[C@@H]3CCC4CCCC[C@]4(C)[C@H]3CC[C@]12C. The van der Waals surface area contributed by atoms with Gasteiger partial charge in [-0.2, -0.15) is 0 Å². The Labute approximate surface area is 150 Å². The van der Waals surface area contributed by atoms with Gasteiger partial charge in [-0.1, -0.05) is 44.9 Å². The molecule has 0 aromatic rings. The molecule has 4 fully saturated rings. The van der Waals surface area contributed by atoms with Crippen molar-refractivity contribution < 1.29 is 0 Å². The van der Waals surface area contributed by atoms with Crippen molar-refractivity contribution in [1.82, 2.24) is 0 Å². The van der Waals surface area contributed by atoms with Gasteiger partial charge in [-0.05, 0) is 98.2 Å². The zero-order valence-electron chi connectivity index (χ0n) is 16.1. The van der Waals surface area contributed by atoms with Crippen molar-refractivity contribution in [3.63, 3.8) is 0 Å². The standard InChI is InChI=1S/C24H38/c1-4-5-6-9-19-12-14-21-20-13-11-18-10-7-8-16-23(18,2)22(20)15-17-24(19,21)3/h4,6,9,18-22H,1,5,7-8,10-17H2,2-3H3/t18?,19-,20-,21-,22-,23-,24+/m0/s1. The quantitative estimate of drug-likeness (QED) is 0.482. The third-order valence-corrected chi connectivity index (χ3v) is 9.33. The first-order valence-electron chi connectivity index (χ1n) is 10.9. The monoisotopic (exact) mass is 326 g/mol. The minimum Gasteiger partial charge on any atom is -0.103 e. The summed E-state index contributed by atoms with van der Waals surface area (Å²) in [7, 11) is 0. The average Bonchev–Trinajstić information content (AvgIpc) is 2.91. The number of allylic oxidation sites excluding steroid dienone is 3. The van der Waals surface area contributed by atoms with Gasteiger partial charge in [0.05, 0.1) is 0 Å². The van der Waals surface area contributed by atoms with Crippen molar-refractivity contribution in [3.05, 3.63) is 24.8 Å². The Morgan fingerprint density at radius 1 is 0.875 bits per heavy atom. The van der Waals surface area contributed by atoms with Crippen LogP contribution in [-0.2, 0) is 0 Å². The van der Waals surface area contributed by atoms with E-state index in [1.54, 1.807) is 12.8 Å². The molecule has 0 aliphatic heterocycles. The van der Waals surface area contributed by atoms with Crippen LogP contribution in [0.2, 0.25) is 0 Å². The van der Waals surface area contributed by atoms with Crippen molar-refractivity contribution in [2.75, 3.05) is 0 Å². The lowest BCUT2D eigenvalue weighted by atomic mass is 9.45. The number of fused-ring (bicyclic) bond motifs is 5. The number of hydrogen-bond acceptors (Lipinski definition) is 0. The number of hydrogen-bond donors (Lipinski definition) is 0. The Morgan fingerprint density at radius 3 is 2.54 bits per heavy atom. The Kier molecular flexibility index (Phi) is 4.46. The van der Waals surface area contributed by atoms with Gasteiger partial charge < -0.3 is 0 Å². The minimum absolute atomic E-state index is 0.594. The average molecular weight is 327 g/mol. The molecule has 4 rings (SSSR count). The van der Waals surface area contributed by atoms with Gasteiger partial charge in [-0.3, -0.25) is 0 Å². The molecule has 4 aliphatic rings. The predicted octanol–water partition coefficient (Wildman–Crippen LogP) is 7.17. The highest BCUT2D eigenvalue weighted by Crippen LogP contribution is 2.67. The van der Waals surface area contributed by atoms with E-state index < -0.39 is 0 Å². The van der Waals surface area contributed by atoms with E-state index in [0.29, 0.717) is 10.8 Å². The molecule has 134 valence electrons. The molecule has 0 heteroatoms. The molecule has 0 aromatic heterocycles. The summed E-state index contributed by atoms with van der Waals surface area (Å²) in [5.41, 5.74) is 1.29. The Balaban J connectivity index is 1.56. The van der Waals surface area contributed by atoms with Crippen molar-refractivity contribution in [1.29, 1.82) is 0 Å². The summed E-state index contributed by atoms with van der Waals surface area (Å²) < 4.78 is 0. The first kappa shape index (κ1) is 16.9. The van der Waals surface area contributed by atoms with E-state index in [2.05, 4.69) is 32.6 Å². The van der Waals surface area contributed by atoms with Crippen LogP contribution < -0.4 is 0 Å². The fourth-order valence-electron chi connectivity index (χ4n) is 7.99. The van der Waals surface area contributed by atoms with Gasteiger partial charge in [0.25, 0.3) is 0 Å². The van der Waals surface area contributed by atoms with Crippen LogP contribution in [0.4, 0.5) is 0 Å². The van der Waals surface area contributed by atoms with Crippen LogP contribution in [0, 0.1) is 40.4 Å². The van der Waals surface area contributed by atoms with Crippen molar-refractivity contribution >= 4 is 0 Å². The van der Waals surface area contributed by atoms with Crippen molar-refractivity contribution in [3.8, 4) is 0 Å². The summed E-state index contributed by atoms with van der Waals surface area (Å²) in [6.07, 6.45) is 23.2. The molecule has 0 radical (unpaired) electrons. The van der Waals surface area contributed by atoms with Crippen LogP contribution in [0.3, 0.4) is 0 Å². The molecule has 7 atom stereocenters. The smallest absolute Gasteiger partial charge is 0.0172 e. The molecule has 0 N–H and O–H groups in total. The van der Waals surface area contributed by atoms with Gasteiger partial charge in [0.1, 0.15) is 0 Å². The van der Waals surface area contributed by atoms with Gasteiger partial charge in [0.2, 0.25) is 0 Å². The molecule has 0 spiro atoms. The fourth-order valence-corrected chi connectivity index (χ4v) is 7.99. The third kappa shape index (κ3) is 2.46. The lowest BCUT2D eigenvalue weighted by Crippen LogP contribution is -2.52. The van der Waals surface area contributed by atoms with E-state index in [0.717, 1.165) is 36.0 Å². The third-order valence-electron chi connectivity index (χ3n) is 9.33. The highest BCUT2D eigenvalue weighted by Gasteiger charge is 2.59. The second-order valence-corrected chi connectivity index (χ2v) is 10.1. The lowest BCUT2D eigenvalue weighted by Gasteiger charge is -2.60. The van der Waals surface area contributed by atoms with E-state index in [9.17, 15) is 0 Å². The topological polar surface area (TPSA) is 0 Å². The first-order chi connectivity index (χ1) is 11.6. The van der Waals surface area contributed by atoms with E-state index in [1.165, 1.54) is 51.4 Å². The van der Waals surface area contributed by atoms with Crippen molar-refractivity contribution in [2.45, 2.75) is 84.5 Å². The van der Waals surface area contributed by atoms with Crippen LogP contribution in [0.1, 0.15) is 84.5 Å². The summed E-state index contributed by atoms with van der Waals surface area (Å²) >= 11 is 0. The van der Waals surface area contributed by atoms with Crippen LogP contribution in [0.15, 0.2) is 24.8 Å². The molecular weight excluding hydrogens is 288 g/mol. The highest BCUT2D eigenvalue weighted by molar-refractivity contribution is 5.12. The molecule has 0 heterocycles. The maximum Gasteiger partial charge on any atom is -0.0172 e. The van der Waals surface area contributed by atoms with Gasteiger partial charge in [-0.25, -0.2) is 0 Å². The maximum absolute atomic E-state index is 3.87. The van der Waals surface area contributed by atoms with Gasteiger partial charge in [0, 0.05) is 0 Å². The lowest BCUT2D eigenvalue weighted by molar-refractivity contribution is -0.107. The molecule has 0 bridgehead atoms. The zero-order valence-corrected chi connectivity index (χ0v) is 16.1. The summed E-state index contributed by atoms with van der Waals surface area (Å²) in [5.74, 6) is 4.99. The maximum atomic E-state index is 3.87. The summed E-state index contributed by atoms with van der Waals surface area (Å²) in [6, 6.07) is 0. The van der Waals surface area contributed by atoms with E-state index in [-0.39, 0.29) is 0 Å². The molecule has 1 unspecified atom stereocenters. The second-order valence-electron chi connectivity index (χ2n) is 10.1. The van der Waals surface area contributed by atoms with Crippen LogP contribution in [0.5, 0.6) is 0 Å². The summed E-state index contributed by atoms with van der Waals surface area (Å²) in [4.78, 5) is 0. The van der Waals surface area contributed by atoms with E-state index in [4.69, 9.17) is 0 Å². The highest BCUT2D eigenvalue weighted by atomic mass is 14.6. The summed E-state index contributed by atoms with van der Waals surface area (Å²) in [5, 5.41) is 0. The van der Waals surface area contributed by atoms with Crippen molar-refractivity contribution in [2.24, 2.45) is 40.4 Å². The fraction of sp³-hybridized carbons (Fsp3) is 0.833. The Bertz CT molecular complexity index is 502. The van der Waals surface area contributed by atoms with E-state index >= 15 is 0 Å². The van der Waals surface area contributed by atoms with Crippen LogP contribution in [-0.4, -0.2) is 0 Å². The van der Waals surface area contributed by atoms with Crippen LogP contribution in [0.25, 0.3) is 0 Å². The number of rotatable bonds is 3. The Hall–Kier alpha value is -0.520. The molecule has 0 nitrogen and oxygen atoms in total. The summed E-state index contributed by atoms with van der Waals surface area (Å²) in [6.45, 7) is 9.23. The minimum atomic E-state index is 0.594. The molecule has 0 amide bonds. The Morgan fingerprint density at radius 2 is 1.71 bits per heavy atom. The van der Waals surface area contributed by atoms with E-state index in [1.807, 2.05) is 6.08 Å². The molecule has 4 saturated carbocycles. The normalized spacial score (nSPS) is 51.0. The second kappa shape index (κ2) is 6.33. The van der Waals surface area contributed by atoms with Crippen LogP contribution >= 0.6 is 0 Å². The molecule has 0 aromatic carbocycles. The largest absolute Gasteiger partial charge is 0.103 e. The molecule has 4 aliphatic carbocycles. The zero-order chi connectivity index (χ0) is 16.8. The predicted molar refractivity (Wildman–Crippen MR) is 104 cm³/mol. The molecular formula is C24H38. The first-order valence-corrected chi connectivity index (χ1v) is 10.9. The van der Waals surface area contributed by atoms with Gasteiger partial charge >= 0.3 is 0 Å².